The van der Waals surface area contributed by atoms with E-state index in [4.69, 9.17) is 0 Å². The molecule has 0 fully saturated rings. The predicted molar refractivity (Wildman–Crippen MR) is 72.8 cm³/mol. The summed E-state index contributed by atoms with van der Waals surface area (Å²) in [5.74, 6) is 0.792. The number of fused-ring (bicyclic) bond motifs is 1. The molecule has 0 atom stereocenters. The molecule has 3 heterocycles. The van der Waals surface area contributed by atoms with E-state index in [1.807, 2.05) is 32.3 Å². The number of H-pyrrole nitrogens is 1. The zero-order chi connectivity index (χ0) is 13.2. The molecule has 19 heavy (non-hydrogen) atoms. The van der Waals surface area contributed by atoms with Crippen molar-refractivity contribution in [2.24, 2.45) is 0 Å². The lowest BCUT2D eigenvalue weighted by Gasteiger charge is -2.04. The fourth-order valence-corrected chi connectivity index (χ4v) is 2.11. The van der Waals surface area contributed by atoms with Crippen molar-refractivity contribution in [3.8, 4) is 0 Å². The van der Waals surface area contributed by atoms with Gasteiger partial charge in [0, 0.05) is 24.0 Å². The molecule has 0 unspecified atom stereocenters. The fraction of sp³-hybridized carbons (Fsp3) is 0.286. The third-order valence-electron chi connectivity index (χ3n) is 3.06. The molecule has 0 spiro atoms. The molecule has 3 aromatic heterocycles. The molecule has 0 aliphatic rings. The van der Waals surface area contributed by atoms with Gasteiger partial charge in [-0.1, -0.05) is 0 Å². The molecular formula is C14H15N5. The average Bonchev–Trinajstić information content (AvgIpc) is 2.85. The van der Waals surface area contributed by atoms with Crippen molar-refractivity contribution in [3.05, 3.63) is 47.6 Å². The number of hydrogen-bond acceptors (Lipinski definition) is 4. The second-order valence-corrected chi connectivity index (χ2v) is 4.61. The van der Waals surface area contributed by atoms with E-state index in [9.17, 15) is 0 Å². The standard InChI is InChI=1S/C14H15N5/c1-9-7-17-11(8-16-9)3-4-13-12-5-6-15-14(12)19-10(2)18-13/h5-8H,3-4H2,1-2H3,(H,15,18,19). The van der Waals surface area contributed by atoms with Crippen LogP contribution in [0.3, 0.4) is 0 Å². The second kappa shape index (κ2) is 4.76. The molecule has 0 aliphatic heterocycles. The Labute approximate surface area is 111 Å². The summed E-state index contributed by atoms with van der Waals surface area (Å²) in [5, 5.41) is 1.09. The van der Waals surface area contributed by atoms with Gasteiger partial charge in [-0.05, 0) is 32.8 Å². The first kappa shape index (κ1) is 11.8. The van der Waals surface area contributed by atoms with Gasteiger partial charge in [0.2, 0.25) is 0 Å². The minimum absolute atomic E-state index is 0.792. The van der Waals surface area contributed by atoms with Gasteiger partial charge in [-0.3, -0.25) is 9.97 Å². The van der Waals surface area contributed by atoms with Crippen LogP contribution in [0.4, 0.5) is 0 Å². The van der Waals surface area contributed by atoms with Crippen LogP contribution in [0.2, 0.25) is 0 Å². The van der Waals surface area contributed by atoms with Crippen molar-refractivity contribution in [3.63, 3.8) is 0 Å². The van der Waals surface area contributed by atoms with Gasteiger partial charge in [0.15, 0.2) is 0 Å². The number of nitrogens with zero attached hydrogens (tertiary/aromatic N) is 4. The number of nitrogens with one attached hydrogen (secondary N) is 1. The van der Waals surface area contributed by atoms with E-state index in [1.54, 1.807) is 6.20 Å². The molecule has 1 N–H and O–H groups in total. The van der Waals surface area contributed by atoms with Gasteiger partial charge in [0.1, 0.15) is 11.5 Å². The van der Waals surface area contributed by atoms with E-state index in [2.05, 4.69) is 24.9 Å². The second-order valence-electron chi connectivity index (χ2n) is 4.61. The van der Waals surface area contributed by atoms with Crippen LogP contribution in [0.15, 0.2) is 24.7 Å². The molecule has 0 aliphatic carbocycles. The molecule has 5 heteroatoms. The summed E-state index contributed by atoms with van der Waals surface area (Å²) in [6, 6.07) is 2.02. The van der Waals surface area contributed by atoms with Crippen LogP contribution in [0.5, 0.6) is 0 Å². The van der Waals surface area contributed by atoms with Gasteiger partial charge < -0.3 is 4.98 Å². The highest BCUT2D eigenvalue weighted by atomic mass is 14.9. The third kappa shape index (κ3) is 2.45. The number of aromatic nitrogens is 5. The van der Waals surface area contributed by atoms with Crippen molar-refractivity contribution in [1.82, 2.24) is 24.9 Å². The highest BCUT2D eigenvalue weighted by Crippen LogP contribution is 2.16. The lowest BCUT2D eigenvalue weighted by molar-refractivity contribution is 0.857. The highest BCUT2D eigenvalue weighted by Gasteiger charge is 2.07. The number of hydrogen-bond donors (Lipinski definition) is 1. The molecule has 0 saturated heterocycles. The van der Waals surface area contributed by atoms with Gasteiger partial charge in [-0.25, -0.2) is 9.97 Å². The smallest absolute Gasteiger partial charge is 0.141 e. The fourth-order valence-electron chi connectivity index (χ4n) is 2.11. The van der Waals surface area contributed by atoms with Crippen LogP contribution < -0.4 is 0 Å². The number of aryl methyl sites for hydroxylation is 4. The van der Waals surface area contributed by atoms with Crippen LogP contribution in [0.1, 0.15) is 22.9 Å². The van der Waals surface area contributed by atoms with E-state index in [0.717, 1.165) is 46.8 Å². The lowest BCUT2D eigenvalue weighted by Crippen LogP contribution is -2.01. The Morgan fingerprint density at radius 3 is 2.74 bits per heavy atom. The van der Waals surface area contributed by atoms with Gasteiger partial charge >= 0.3 is 0 Å². The van der Waals surface area contributed by atoms with Gasteiger partial charge in [0.25, 0.3) is 0 Å². The minimum Gasteiger partial charge on any atom is -0.346 e. The molecule has 3 rings (SSSR count). The molecule has 5 nitrogen and oxygen atoms in total. The highest BCUT2D eigenvalue weighted by molar-refractivity contribution is 5.77. The SMILES string of the molecule is Cc1cnc(CCc2nc(C)nc3[nH]ccc23)cn1. The van der Waals surface area contributed by atoms with E-state index in [0.29, 0.717) is 0 Å². The first-order valence-corrected chi connectivity index (χ1v) is 6.30. The lowest BCUT2D eigenvalue weighted by atomic mass is 10.1. The third-order valence-corrected chi connectivity index (χ3v) is 3.06. The molecule has 0 saturated carbocycles. The van der Waals surface area contributed by atoms with E-state index >= 15 is 0 Å². The maximum absolute atomic E-state index is 4.53. The first-order valence-electron chi connectivity index (χ1n) is 6.30. The number of aromatic amines is 1. The largest absolute Gasteiger partial charge is 0.346 e. The Morgan fingerprint density at radius 2 is 1.95 bits per heavy atom. The molecular weight excluding hydrogens is 238 g/mol. The van der Waals surface area contributed by atoms with Gasteiger partial charge in [-0.2, -0.15) is 0 Å². The summed E-state index contributed by atoms with van der Waals surface area (Å²) in [6.07, 6.45) is 7.21. The summed E-state index contributed by atoms with van der Waals surface area (Å²) in [4.78, 5) is 20.7. The molecule has 3 aromatic rings. The zero-order valence-electron chi connectivity index (χ0n) is 11.0. The summed E-state index contributed by atoms with van der Waals surface area (Å²) in [6.45, 7) is 3.85. The summed E-state index contributed by atoms with van der Waals surface area (Å²) >= 11 is 0. The quantitative estimate of drug-likeness (QED) is 0.776. The Bertz CT molecular complexity index is 699. The van der Waals surface area contributed by atoms with E-state index < -0.39 is 0 Å². The molecule has 96 valence electrons. The topological polar surface area (TPSA) is 67.3 Å². The molecule has 0 amide bonds. The van der Waals surface area contributed by atoms with Crippen LogP contribution in [-0.2, 0) is 12.8 Å². The Hall–Kier alpha value is -2.30. The Kier molecular flexibility index (Phi) is 2.95. The van der Waals surface area contributed by atoms with Gasteiger partial charge in [0.05, 0.1) is 17.1 Å². The van der Waals surface area contributed by atoms with Crippen LogP contribution in [0, 0.1) is 13.8 Å². The number of rotatable bonds is 3. The van der Waals surface area contributed by atoms with Crippen molar-refractivity contribution in [1.29, 1.82) is 0 Å². The predicted octanol–water partition coefficient (Wildman–Crippen LogP) is 2.15. The maximum atomic E-state index is 4.53. The van der Waals surface area contributed by atoms with Crippen LogP contribution >= 0.6 is 0 Å². The first-order chi connectivity index (χ1) is 9.22. The summed E-state index contributed by atoms with van der Waals surface area (Å²) in [7, 11) is 0. The van der Waals surface area contributed by atoms with Crippen molar-refractivity contribution in [2.45, 2.75) is 26.7 Å². The average molecular weight is 253 g/mol. The Morgan fingerprint density at radius 1 is 1.05 bits per heavy atom. The van der Waals surface area contributed by atoms with Gasteiger partial charge in [-0.15, -0.1) is 0 Å². The van der Waals surface area contributed by atoms with Crippen molar-refractivity contribution in [2.75, 3.05) is 0 Å². The normalized spacial score (nSPS) is 11.1. The Balaban J connectivity index is 1.85. The zero-order valence-corrected chi connectivity index (χ0v) is 11.0. The van der Waals surface area contributed by atoms with Crippen molar-refractivity contribution < 1.29 is 0 Å². The molecule has 0 radical (unpaired) electrons. The maximum Gasteiger partial charge on any atom is 0.141 e. The van der Waals surface area contributed by atoms with Crippen LogP contribution in [-0.4, -0.2) is 24.9 Å². The summed E-state index contributed by atoms with van der Waals surface area (Å²) < 4.78 is 0. The van der Waals surface area contributed by atoms with E-state index in [-0.39, 0.29) is 0 Å². The van der Waals surface area contributed by atoms with Crippen LogP contribution in [0.25, 0.3) is 11.0 Å². The van der Waals surface area contributed by atoms with Crippen molar-refractivity contribution >= 4 is 11.0 Å². The minimum atomic E-state index is 0.792. The molecule has 0 aromatic carbocycles. The summed E-state index contributed by atoms with van der Waals surface area (Å²) in [5.41, 5.74) is 3.89. The molecule has 0 bridgehead atoms. The van der Waals surface area contributed by atoms with E-state index in [1.165, 1.54) is 0 Å². The monoisotopic (exact) mass is 253 g/mol.